The molecule has 1 saturated carbocycles. The molecule has 182 valence electrons. The Morgan fingerprint density at radius 2 is 1.65 bits per heavy atom. The summed E-state index contributed by atoms with van der Waals surface area (Å²) < 4.78 is 33.2. The van der Waals surface area contributed by atoms with Gasteiger partial charge in [-0.25, -0.2) is 13.2 Å². The average molecular weight is 486 g/mol. The third-order valence-corrected chi connectivity index (χ3v) is 8.32. The molecule has 2 aromatic carbocycles. The molecule has 0 spiro atoms. The van der Waals surface area contributed by atoms with Gasteiger partial charge in [0.05, 0.1) is 10.5 Å². The Hall–Kier alpha value is -2.91. The van der Waals surface area contributed by atoms with Crippen LogP contribution in [0.5, 0.6) is 0 Å². The van der Waals surface area contributed by atoms with E-state index in [0.717, 1.165) is 31.4 Å². The minimum absolute atomic E-state index is 0.0400. The lowest BCUT2D eigenvalue weighted by Crippen LogP contribution is -2.48. The minimum atomic E-state index is -3.76. The molecule has 0 unspecified atom stereocenters. The van der Waals surface area contributed by atoms with Gasteiger partial charge in [-0.1, -0.05) is 37.1 Å². The number of ether oxygens (including phenoxy) is 1. The van der Waals surface area contributed by atoms with E-state index in [2.05, 4.69) is 10.2 Å². The lowest BCUT2D eigenvalue weighted by Gasteiger charge is -2.35. The second kappa shape index (κ2) is 10.6. The number of para-hydroxylation sites is 1. The SMILES string of the molecule is C[C@H](OC(=O)c1cccc(S(=O)(=O)N2CCN(c3ccccc3)CC2)c1)C(=O)NC1CCCC1. The molecular weight excluding hydrogens is 454 g/mol. The fourth-order valence-electron chi connectivity index (χ4n) is 4.43. The second-order valence-corrected chi connectivity index (χ2v) is 10.7. The maximum atomic E-state index is 13.2. The predicted octanol–water partition coefficient (Wildman–Crippen LogP) is 2.80. The van der Waals surface area contributed by atoms with Crippen LogP contribution in [0.3, 0.4) is 0 Å². The van der Waals surface area contributed by atoms with Crippen molar-refractivity contribution in [3.05, 3.63) is 60.2 Å². The van der Waals surface area contributed by atoms with Gasteiger partial charge in [0, 0.05) is 37.9 Å². The first kappa shape index (κ1) is 24.2. The lowest BCUT2D eigenvalue weighted by atomic mass is 10.2. The number of amides is 1. The molecule has 1 amide bonds. The predicted molar refractivity (Wildman–Crippen MR) is 129 cm³/mol. The number of rotatable bonds is 7. The van der Waals surface area contributed by atoms with E-state index in [4.69, 9.17) is 4.74 Å². The van der Waals surface area contributed by atoms with Gasteiger partial charge in [-0.05, 0) is 50.1 Å². The molecule has 1 N–H and O–H groups in total. The van der Waals surface area contributed by atoms with Gasteiger partial charge in [0.25, 0.3) is 5.91 Å². The molecule has 0 aromatic heterocycles. The van der Waals surface area contributed by atoms with Crippen LogP contribution in [-0.2, 0) is 19.6 Å². The van der Waals surface area contributed by atoms with Crippen LogP contribution >= 0.6 is 0 Å². The largest absolute Gasteiger partial charge is 0.449 e. The number of esters is 1. The lowest BCUT2D eigenvalue weighted by molar-refractivity contribution is -0.129. The quantitative estimate of drug-likeness (QED) is 0.606. The first-order chi connectivity index (χ1) is 16.3. The number of nitrogens with zero attached hydrogens (tertiary/aromatic N) is 2. The van der Waals surface area contributed by atoms with Crippen LogP contribution in [0.2, 0.25) is 0 Å². The molecule has 1 aliphatic carbocycles. The topological polar surface area (TPSA) is 96.0 Å². The zero-order valence-electron chi connectivity index (χ0n) is 19.4. The summed E-state index contributed by atoms with van der Waals surface area (Å²) in [6.45, 7) is 3.39. The van der Waals surface area contributed by atoms with Gasteiger partial charge < -0.3 is 15.0 Å². The Labute approximate surface area is 200 Å². The number of carbonyl (C=O) groups is 2. The number of anilines is 1. The van der Waals surface area contributed by atoms with Crippen molar-refractivity contribution in [2.24, 2.45) is 0 Å². The third kappa shape index (κ3) is 5.59. The van der Waals surface area contributed by atoms with Crippen molar-refractivity contribution in [1.82, 2.24) is 9.62 Å². The van der Waals surface area contributed by atoms with Crippen LogP contribution in [-0.4, -0.2) is 62.9 Å². The Kier molecular flexibility index (Phi) is 7.53. The van der Waals surface area contributed by atoms with E-state index in [1.54, 1.807) is 0 Å². The number of nitrogens with one attached hydrogen (secondary N) is 1. The minimum Gasteiger partial charge on any atom is -0.449 e. The molecule has 0 bridgehead atoms. The highest BCUT2D eigenvalue weighted by Gasteiger charge is 2.30. The van der Waals surface area contributed by atoms with Crippen molar-refractivity contribution in [1.29, 1.82) is 0 Å². The van der Waals surface area contributed by atoms with Crippen molar-refractivity contribution in [2.45, 2.75) is 49.6 Å². The second-order valence-electron chi connectivity index (χ2n) is 8.79. The zero-order valence-corrected chi connectivity index (χ0v) is 20.2. The van der Waals surface area contributed by atoms with Crippen LogP contribution in [0.1, 0.15) is 43.0 Å². The summed E-state index contributed by atoms with van der Waals surface area (Å²) in [5, 5.41) is 2.91. The highest BCUT2D eigenvalue weighted by molar-refractivity contribution is 7.89. The summed E-state index contributed by atoms with van der Waals surface area (Å²) in [5.74, 6) is -1.06. The first-order valence-electron chi connectivity index (χ1n) is 11.8. The van der Waals surface area contributed by atoms with Crippen LogP contribution in [0, 0.1) is 0 Å². The van der Waals surface area contributed by atoms with Crippen LogP contribution in [0.25, 0.3) is 0 Å². The molecule has 2 aliphatic rings. The number of hydrogen-bond acceptors (Lipinski definition) is 6. The van der Waals surface area contributed by atoms with Crippen molar-refractivity contribution >= 4 is 27.6 Å². The van der Waals surface area contributed by atoms with E-state index < -0.39 is 22.1 Å². The first-order valence-corrected chi connectivity index (χ1v) is 13.2. The van der Waals surface area contributed by atoms with E-state index in [1.165, 1.54) is 35.5 Å². The van der Waals surface area contributed by atoms with E-state index in [9.17, 15) is 18.0 Å². The van der Waals surface area contributed by atoms with Gasteiger partial charge >= 0.3 is 5.97 Å². The highest BCUT2D eigenvalue weighted by Crippen LogP contribution is 2.22. The molecule has 1 saturated heterocycles. The van der Waals surface area contributed by atoms with Crippen LogP contribution in [0.15, 0.2) is 59.5 Å². The number of carbonyl (C=O) groups excluding carboxylic acids is 2. The standard InChI is InChI=1S/C25H31N3O5S/c1-19(24(29)26-21-9-5-6-10-21)33-25(30)20-8-7-13-23(18-20)34(31,32)28-16-14-27(15-17-28)22-11-3-2-4-12-22/h2-4,7-8,11-13,18-19,21H,5-6,9-10,14-17H2,1H3,(H,26,29)/t19-/m0/s1. The van der Waals surface area contributed by atoms with E-state index in [-0.39, 0.29) is 22.4 Å². The monoisotopic (exact) mass is 485 g/mol. The zero-order chi connectivity index (χ0) is 24.1. The fraction of sp³-hybridized carbons (Fsp3) is 0.440. The Bertz CT molecular complexity index is 1110. The van der Waals surface area contributed by atoms with Crippen molar-refractivity contribution in [2.75, 3.05) is 31.1 Å². The number of piperazine rings is 1. The highest BCUT2D eigenvalue weighted by atomic mass is 32.2. The third-order valence-electron chi connectivity index (χ3n) is 6.42. The fourth-order valence-corrected chi connectivity index (χ4v) is 5.90. The van der Waals surface area contributed by atoms with Crippen LogP contribution in [0.4, 0.5) is 5.69 Å². The van der Waals surface area contributed by atoms with E-state index >= 15 is 0 Å². The molecule has 1 atom stereocenters. The van der Waals surface area contributed by atoms with E-state index in [1.807, 2.05) is 30.3 Å². The molecule has 34 heavy (non-hydrogen) atoms. The summed E-state index contributed by atoms with van der Waals surface area (Å²) in [6.07, 6.45) is 3.08. The average Bonchev–Trinajstić information content (AvgIpc) is 3.37. The van der Waals surface area contributed by atoms with E-state index in [0.29, 0.717) is 26.2 Å². The van der Waals surface area contributed by atoms with Crippen molar-refractivity contribution in [3.63, 3.8) is 0 Å². The summed E-state index contributed by atoms with van der Waals surface area (Å²) in [4.78, 5) is 27.2. The Balaban J connectivity index is 1.38. The molecule has 2 aromatic rings. The molecule has 1 aliphatic heterocycles. The summed E-state index contributed by atoms with van der Waals surface area (Å²) in [5.41, 5.74) is 1.17. The molecule has 0 radical (unpaired) electrons. The summed E-state index contributed by atoms with van der Waals surface area (Å²) in [7, 11) is -3.76. The van der Waals surface area contributed by atoms with Gasteiger partial charge in [-0.3, -0.25) is 4.79 Å². The van der Waals surface area contributed by atoms with Gasteiger partial charge in [-0.2, -0.15) is 4.31 Å². The number of benzene rings is 2. The van der Waals surface area contributed by atoms with Gasteiger partial charge in [0.15, 0.2) is 6.10 Å². The molecule has 2 fully saturated rings. The van der Waals surface area contributed by atoms with Gasteiger partial charge in [0.1, 0.15) is 0 Å². The smallest absolute Gasteiger partial charge is 0.338 e. The maximum Gasteiger partial charge on any atom is 0.338 e. The molecular formula is C25H31N3O5S. The van der Waals surface area contributed by atoms with Crippen LogP contribution < -0.4 is 10.2 Å². The normalized spacial score (nSPS) is 18.4. The number of hydrogen-bond donors (Lipinski definition) is 1. The van der Waals surface area contributed by atoms with Gasteiger partial charge in [-0.15, -0.1) is 0 Å². The summed E-state index contributed by atoms with van der Waals surface area (Å²) in [6, 6.07) is 15.8. The van der Waals surface area contributed by atoms with Gasteiger partial charge in [0.2, 0.25) is 10.0 Å². The molecule has 8 nitrogen and oxygen atoms in total. The number of sulfonamides is 1. The van der Waals surface area contributed by atoms with Crippen molar-refractivity contribution < 1.29 is 22.7 Å². The van der Waals surface area contributed by atoms with Crippen molar-refractivity contribution in [3.8, 4) is 0 Å². The molecule has 1 heterocycles. The summed E-state index contributed by atoms with van der Waals surface area (Å²) >= 11 is 0. The Morgan fingerprint density at radius 1 is 0.971 bits per heavy atom. The Morgan fingerprint density at radius 3 is 2.32 bits per heavy atom. The molecule has 4 rings (SSSR count). The maximum absolute atomic E-state index is 13.2. The molecule has 9 heteroatoms.